The van der Waals surface area contributed by atoms with Gasteiger partial charge in [0.2, 0.25) is 0 Å². The van der Waals surface area contributed by atoms with Crippen molar-refractivity contribution < 1.29 is 13.6 Å². The first-order valence-corrected chi connectivity index (χ1v) is 8.85. The van der Waals surface area contributed by atoms with E-state index in [1.54, 1.807) is 12.1 Å². The van der Waals surface area contributed by atoms with Gasteiger partial charge in [0.15, 0.2) is 5.76 Å². The second-order valence-electron chi connectivity index (χ2n) is 6.44. The van der Waals surface area contributed by atoms with Crippen molar-refractivity contribution >= 4 is 16.8 Å². The van der Waals surface area contributed by atoms with E-state index in [9.17, 15) is 9.18 Å². The van der Waals surface area contributed by atoms with Gasteiger partial charge >= 0.3 is 0 Å². The number of carbonyl (C=O) groups is 1. The van der Waals surface area contributed by atoms with Crippen molar-refractivity contribution in [2.75, 3.05) is 6.54 Å². The Morgan fingerprint density at radius 2 is 1.93 bits per heavy atom. The monoisotopic (exact) mass is 362 g/mol. The van der Waals surface area contributed by atoms with Crippen molar-refractivity contribution in [3.63, 3.8) is 0 Å². The van der Waals surface area contributed by atoms with Crippen LogP contribution in [-0.4, -0.2) is 17.4 Å². The molecule has 2 aromatic heterocycles. The minimum absolute atomic E-state index is 0.250. The van der Waals surface area contributed by atoms with Gasteiger partial charge < -0.3 is 14.7 Å². The summed E-state index contributed by atoms with van der Waals surface area (Å²) >= 11 is 0. The number of nitrogens with one attached hydrogen (secondary N) is 2. The molecule has 5 heteroatoms. The molecule has 0 saturated carbocycles. The fourth-order valence-electron chi connectivity index (χ4n) is 3.15. The van der Waals surface area contributed by atoms with Crippen LogP contribution in [0.5, 0.6) is 0 Å². The molecule has 0 aliphatic rings. The number of hydrogen-bond acceptors (Lipinski definition) is 2. The summed E-state index contributed by atoms with van der Waals surface area (Å²) in [5.74, 6) is 0.526. The molecule has 0 unspecified atom stereocenters. The van der Waals surface area contributed by atoms with Crippen molar-refractivity contribution in [3.8, 4) is 0 Å². The Labute approximate surface area is 156 Å². The van der Waals surface area contributed by atoms with Gasteiger partial charge in [-0.1, -0.05) is 30.3 Å². The molecule has 2 aromatic carbocycles. The second-order valence-corrected chi connectivity index (χ2v) is 6.44. The highest BCUT2D eigenvalue weighted by atomic mass is 19.1. The molecule has 4 rings (SSSR count). The Bertz CT molecular complexity index is 1070. The van der Waals surface area contributed by atoms with E-state index >= 15 is 0 Å². The zero-order valence-electron chi connectivity index (χ0n) is 14.7. The van der Waals surface area contributed by atoms with Crippen LogP contribution in [0.25, 0.3) is 10.9 Å². The molecule has 0 aliphatic heterocycles. The van der Waals surface area contributed by atoms with Crippen LogP contribution in [0.15, 0.2) is 71.3 Å². The van der Waals surface area contributed by atoms with Gasteiger partial charge in [0, 0.05) is 30.1 Å². The summed E-state index contributed by atoms with van der Waals surface area (Å²) in [4.78, 5) is 15.4. The minimum Gasteiger partial charge on any atom is -0.456 e. The third kappa shape index (κ3) is 3.92. The number of benzene rings is 2. The SMILES string of the molecule is O=C(NCCc1c[nH]c2ccc(F)cc12)c1ccc(Cc2ccccc2)o1. The lowest BCUT2D eigenvalue weighted by atomic mass is 10.1. The summed E-state index contributed by atoms with van der Waals surface area (Å²) in [5, 5.41) is 3.69. The molecule has 4 nitrogen and oxygen atoms in total. The number of H-pyrrole nitrogens is 1. The fraction of sp³-hybridized carbons (Fsp3) is 0.136. The summed E-state index contributed by atoms with van der Waals surface area (Å²) in [6, 6.07) is 18.1. The maximum Gasteiger partial charge on any atom is 0.287 e. The first-order valence-electron chi connectivity index (χ1n) is 8.85. The highest BCUT2D eigenvalue weighted by Gasteiger charge is 2.12. The van der Waals surface area contributed by atoms with E-state index in [4.69, 9.17) is 4.42 Å². The van der Waals surface area contributed by atoms with E-state index in [2.05, 4.69) is 10.3 Å². The van der Waals surface area contributed by atoms with Crippen molar-refractivity contribution in [3.05, 3.63) is 95.3 Å². The summed E-state index contributed by atoms with van der Waals surface area (Å²) in [5.41, 5.74) is 2.98. The predicted octanol–water partition coefficient (Wildman–Crippen LogP) is 4.46. The summed E-state index contributed by atoms with van der Waals surface area (Å²) < 4.78 is 19.1. The second kappa shape index (κ2) is 7.50. The van der Waals surface area contributed by atoms with E-state index in [0.29, 0.717) is 25.1 Å². The summed E-state index contributed by atoms with van der Waals surface area (Å²) in [7, 11) is 0. The van der Waals surface area contributed by atoms with Gasteiger partial charge in [-0.3, -0.25) is 4.79 Å². The maximum atomic E-state index is 13.4. The van der Waals surface area contributed by atoms with Crippen LogP contribution in [0.3, 0.4) is 0 Å². The van der Waals surface area contributed by atoms with Gasteiger partial charge in [-0.25, -0.2) is 4.39 Å². The number of fused-ring (bicyclic) bond motifs is 1. The first-order chi connectivity index (χ1) is 13.2. The van der Waals surface area contributed by atoms with Crippen molar-refractivity contribution in [2.24, 2.45) is 0 Å². The van der Waals surface area contributed by atoms with Crippen LogP contribution in [0, 0.1) is 5.82 Å². The van der Waals surface area contributed by atoms with Crippen LogP contribution >= 0.6 is 0 Å². The molecule has 1 amide bonds. The minimum atomic E-state index is -0.270. The van der Waals surface area contributed by atoms with Crippen LogP contribution in [0.2, 0.25) is 0 Å². The largest absolute Gasteiger partial charge is 0.456 e. The standard InChI is InChI=1S/C22H19FN2O2/c23-17-6-8-20-19(13-17)16(14-25-20)10-11-24-22(26)21-9-7-18(27-21)12-15-4-2-1-3-5-15/h1-9,13-14,25H,10-12H2,(H,24,26). The Hall–Kier alpha value is -3.34. The number of furan rings is 1. The Morgan fingerprint density at radius 3 is 2.78 bits per heavy atom. The van der Waals surface area contributed by atoms with Crippen LogP contribution in [0.4, 0.5) is 4.39 Å². The molecular weight excluding hydrogens is 343 g/mol. The highest BCUT2D eigenvalue weighted by Crippen LogP contribution is 2.19. The van der Waals surface area contributed by atoms with E-state index in [-0.39, 0.29) is 11.7 Å². The lowest BCUT2D eigenvalue weighted by molar-refractivity contribution is 0.0925. The van der Waals surface area contributed by atoms with Gasteiger partial charge in [0.05, 0.1) is 0 Å². The molecular formula is C22H19FN2O2. The first kappa shape index (κ1) is 17.1. The Kier molecular flexibility index (Phi) is 4.75. The number of hydrogen-bond donors (Lipinski definition) is 2. The van der Waals surface area contributed by atoms with Gasteiger partial charge in [0.25, 0.3) is 5.91 Å². The number of amides is 1. The van der Waals surface area contributed by atoms with Crippen LogP contribution in [-0.2, 0) is 12.8 Å². The van der Waals surface area contributed by atoms with E-state index in [1.807, 2.05) is 42.6 Å². The molecule has 136 valence electrons. The maximum absolute atomic E-state index is 13.4. The van der Waals surface area contributed by atoms with Crippen molar-refractivity contribution in [2.45, 2.75) is 12.8 Å². The van der Waals surface area contributed by atoms with Crippen molar-refractivity contribution in [1.29, 1.82) is 0 Å². The van der Waals surface area contributed by atoms with Gasteiger partial charge in [-0.15, -0.1) is 0 Å². The number of halogens is 1. The molecule has 0 aliphatic carbocycles. The zero-order valence-corrected chi connectivity index (χ0v) is 14.7. The molecule has 0 bridgehead atoms. The summed E-state index contributed by atoms with van der Waals surface area (Å²) in [6.07, 6.45) is 3.10. The molecule has 0 atom stereocenters. The third-order valence-corrected chi connectivity index (χ3v) is 4.52. The summed E-state index contributed by atoms with van der Waals surface area (Å²) in [6.45, 7) is 0.441. The molecule has 27 heavy (non-hydrogen) atoms. The number of aromatic nitrogens is 1. The van der Waals surface area contributed by atoms with Gasteiger partial charge in [0.1, 0.15) is 11.6 Å². The normalized spacial score (nSPS) is 11.0. The van der Waals surface area contributed by atoms with Crippen LogP contribution < -0.4 is 5.32 Å². The van der Waals surface area contributed by atoms with E-state index in [0.717, 1.165) is 27.8 Å². The highest BCUT2D eigenvalue weighted by molar-refractivity contribution is 5.91. The molecule has 2 N–H and O–H groups in total. The number of carbonyl (C=O) groups excluding carboxylic acids is 1. The van der Waals surface area contributed by atoms with Gasteiger partial charge in [-0.05, 0) is 47.9 Å². The number of aromatic amines is 1. The Balaban J connectivity index is 1.35. The molecule has 2 heterocycles. The zero-order chi connectivity index (χ0) is 18.6. The molecule has 0 fully saturated rings. The topological polar surface area (TPSA) is 58.0 Å². The molecule has 0 saturated heterocycles. The molecule has 0 spiro atoms. The lowest BCUT2D eigenvalue weighted by Crippen LogP contribution is -2.25. The lowest BCUT2D eigenvalue weighted by Gasteiger charge is -2.03. The predicted molar refractivity (Wildman–Crippen MR) is 102 cm³/mol. The Morgan fingerprint density at radius 1 is 1.07 bits per heavy atom. The average Bonchev–Trinajstić information content (AvgIpc) is 3.30. The average molecular weight is 362 g/mol. The van der Waals surface area contributed by atoms with Crippen molar-refractivity contribution in [1.82, 2.24) is 10.3 Å². The van der Waals surface area contributed by atoms with E-state index < -0.39 is 0 Å². The third-order valence-electron chi connectivity index (χ3n) is 4.52. The van der Waals surface area contributed by atoms with E-state index in [1.165, 1.54) is 12.1 Å². The quantitative estimate of drug-likeness (QED) is 0.532. The van der Waals surface area contributed by atoms with Crippen LogP contribution in [0.1, 0.15) is 27.4 Å². The smallest absolute Gasteiger partial charge is 0.287 e. The fourth-order valence-corrected chi connectivity index (χ4v) is 3.15. The number of rotatable bonds is 6. The van der Waals surface area contributed by atoms with Gasteiger partial charge in [-0.2, -0.15) is 0 Å². The molecule has 4 aromatic rings. The molecule has 0 radical (unpaired) electrons.